The van der Waals surface area contributed by atoms with Crippen LogP contribution in [0.25, 0.3) is 5.69 Å². The number of carbonyl (C=O) groups excluding carboxylic acids is 4. The molecule has 4 N–H and O–H groups in total. The lowest BCUT2D eigenvalue weighted by molar-refractivity contribution is -0.147. The number of carbonyl (C=O) groups is 4. The third kappa shape index (κ3) is 5.23. The molecule has 0 spiro atoms. The molecule has 1 aromatic heterocycles. The van der Waals surface area contributed by atoms with Gasteiger partial charge >= 0.3 is 0 Å². The highest BCUT2D eigenvalue weighted by atomic mass is 19.1. The third-order valence-corrected chi connectivity index (χ3v) is 6.76. The van der Waals surface area contributed by atoms with E-state index in [4.69, 9.17) is 5.73 Å². The van der Waals surface area contributed by atoms with E-state index in [2.05, 4.69) is 15.6 Å². The Bertz CT molecular complexity index is 1120. The molecule has 0 aliphatic heterocycles. The van der Waals surface area contributed by atoms with Crippen LogP contribution < -0.4 is 16.4 Å². The van der Waals surface area contributed by atoms with E-state index in [-0.39, 0.29) is 24.8 Å². The van der Waals surface area contributed by atoms with Gasteiger partial charge in [0.15, 0.2) is 0 Å². The van der Waals surface area contributed by atoms with Gasteiger partial charge in [-0.15, -0.1) is 0 Å². The summed E-state index contributed by atoms with van der Waals surface area (Å²) in [6.07, 6.45) is 4.11. The van der Waals surface area contributed by atoms with Crippen molar-refractivity contribution in [1.82, 2.24) is 20.2 Å². The first-order valence-electron chi connectivity index (χ1n) is 11.5. The molecule has 9 nitrogen and oxygen atoms in total. The summed E-state index contributed by atoms with van der Waals surface area (Å²) >= 11 is 0. The first-order chi connectivity index (χ1) is 16.6. The van der Waals surface area contributed by atoms with Crippen LogP contribution in [0.1, 0.15) is 55.3 Å². The van der Waals surface area contributed by atoms with Crippen molar-refractivity contribution in [3.05, 3.63) is 48.5 Å². The maximum absolute atomic E-state index is 15.4. The molecule has 1 unspecified atom stereocenters. The Morgan fingerprint density at radius 2 is 1.91 bits per heavy atom. The smallest absolute Gasteiger partial charge is 0.287 e. The second-order valence-electron chi connectivity index (χ2n) is 9.38. The summed E-state index contributed by atoms with van der Waals surface area (Å²) < 4.78 is 30.7. The largest absolute Gasteiger partial charge is 0.363 e. The van der Waals surface area contributed by atoms with E-state index in [1.165, 1.54) is 0 Å². The number of aromatic nitrogens is 2. The van der Waals surface area contributed by atoms with E-state index >= 15 is 4.39 Å². The maximum atomic E-state index is 15.4. The number of nitrogens with one attached hydrogen (secondary N) is 2. The summed E-state index contributed by atoms with van der Waals surface area (Å²) in [5.74, 6) is -3.91. The van der Waals surface area contributed by atoms with Crippen LogP contribution in [0.5, 0.6) is 0 Å². The van der Waals surface area contributed by atoms with Crippen molar-refractivity contribution >= 4 is 23.5 Å². The third-order valence-electron chi connectivity index (χ3n) is 6.76. The summed E-state index contributed by atoms with van der Waals surface area (Å²) in [4.78, 5) is 54.0. The number of halogens is 2. The number of rotatable bonds is 9. The molecule has 35 heavy (non-hydrogen) atoms. The minimum atomic E-state index is -1.79. The molecular weight excluding hydrogens is 460 g/mol. The Hall–Kier alpha value is -3.63. The summed E-state index contributed by atoms with van der Waals surface area (Å²) in [6, 6.07) is 5.21. The van der Waals surface area contributed by atoms with Gasteiger partial charge in [0.2, 0.25) is 11.7 Å². The normalized spacial score (nSPS) is 23.7. The Kier molecular flexibility index (Phi) is 6.68. The molecule has 1 aromatic carbocycles. The number of amides is 3. The fourth-order valence-electron chi connectivity index (χ4n) is 4.85. The standard InChI is InChI=1S/C24H27F2N5O4/c25-16-11-24(12-16,19(32)20(27)33)30-22(35)18(13-23(26)6-1-2-7-23)29-21(34)15-4-3-5-17(10-15)31-9-8-28-14-31/h3-5,8-10,14,16,18H,1-2,6-7,11-13H2,(H2,27,33)(H,29,34)(H,30,35). The second-order valence-corrected chi connectivity index (χ2v) is 9.38. The van der Waals surface area contributed by atoms with Gasteiger partial charge in [0.05, 0.1) is 6.33 Å². The van der Waals surface area contributed by atoms with Crippen molar-refractivity contribution < 1.29 is 28.0 Å². The van der Waals surface area contributed by atoms with E-state index < -0.39 is 59.8 Å². The van der Waals surface area contributed by atoms with E-state index in [9.17, 15) is 23.6 Å². The lowest BCUT2D eigenvalue weighted by atomic mass is 9.71. The summed E-state index contributed by atoms with van der Waals surface area (Å²) in [7, 11) is 0. The van der Waals surface area contributed by atoms with Crippen LogP contribution in [0.2, 0.25) is 0 Å². The minimum absolute atomic E-state index is 0.226. The topological polar surface area (TPSA) is 136 Å². The number of ketones is 1. The average molecular weight is 488 g/mol. The first-order valence-corrected chi connectivity index (χ1v) is 11.5. The van der Waals surface area contributed by atoms with Gasteiger partial charge in [-0.2, -0.15) is 0 Å². The van der Waals surface area contributed by atoms with Crippen LogP contribution in [0.4, 0.5) is 8.78 Å². The molecule has 0 saturated heterocycles. The van der Waals surface area contributed by atoms with Crippen molar-refractivity contribution in [3.63, 3.8) is 0 Å². The van der Waals surface area contributed by atoms with Crippen LogP contribution >= 0.6 is 0 Å². The van der Waals surface area contributed by atoms with Crippen molar-refractivity contribution in [3.8, 4) is 5.69 Å². The Balaban J connectivity index is 1.55. The second kappa shape index (κ2) is 9.55. The van der Waals surface area contributed by atoms with E-state index in [1.807, 2.05) is 0 Å². The number of hydrogen-bond donors (Lipinski definition) is 3. The van der Waals surface area contributed by atoms with Gasteiger partial charge in [-0.3, -0.25) is 19.2 Å². The summed E-state index contributed by atoms with van der Waals surface area (Å²) in [5, 5.41) is 4.97. The molecule has 3 amide bonds. The summed E-state index contributed by atoms with van der Waals surface area (Å²) in [6.45, 7) is 0. The number of imidazole rings is 1. The fourth-order valence-corrected chi connectivity index (χ4v) is 4.85. The molecule has 4 rings (SSSR count). The first kappa shape index (κ1) is 24.5. The van der Waals surface area contributed by atoms with E-state index in [1.54, 1.807) is 47.6 Å². The summed E-state index contributed by atoms with van der Waals surface area (Å²) in [5.41, 5.74) is 2.52. The number of nitrogens with zero attached hydrogens (tertiary/aromatic N) is 2. The Morgan fingerprint density at radius 3 is 2.51 bits per heavy atom. The highest BCUT2D eigenvalue weighted by Gasteiger charge is 2.54. The molecule has 2 saturated carbocycles. The maximum Gasteiger partial charge on any atom is 0.287 e. The zero-order valence-electron chi connectivity index (χ0n) is 19.0. The fraction of sp³-hybridized carbons (Fsp3) is 0.458. The van der Waals surface area contributed by atoms with Gasteiger partial charge in [-0.1, -0.05) is 18.9 Å². The Labute approximate surface area is 200 Å². The molecule has 186 valence electrons. The Morgan fingerprint density at radius 1 is 1.20 bits per heavy atom. The molecule has 0 bridgehead atoms. The lowest BCUT2D eigenvalue weighted by Crippen LogP contribution is -2.68. The lowest BCUT2D eigenvalue weighted by Gasteiger charge is -2.43. The quantitative estimate of drug-likeness (QED) is 0.463. The van der Waals surface area contributed by atoms with Crippen LogP contribution in [0.3, 0.4) is 0 Å². The number of hydrogen-bond acceptors (Lipinski definition) is 5. The van der Waals surface area contributed by atoms with Gasteiger partial charge in [0.25, 0.3) is 11.8 Å². The zero-order valence-corrected chi connectivity index (χ0v) is 19.0. The molecule has 1 atom stereocenters. The highest BCUT2D eigenvalue weighted by Crippen LogP contribution is 2.38. The van der Waals surface area contributed by atoms with Gasteiger partial charge < -0.3 is 20.9 Å². The van der Waals surface area contributed by atoms with E-state index in [0.29, 0.717) is 18.5 Å². The SMILES string of the molecule is NC(=O)C(=O)C1(NC(=O)C(CC2(F)CCCC2)NC(=O)c2cccc(-n3ccnc3)c2)CC(F)C1. The van der Waals surface area contributed by atoms with Crippen molar-refractivity contribution in [2.45, 2.75) is 68.4 Å². The molecule has 2 aromatic rings. The average Bonchev–Trinajstić information content (AvgIpc) is 3.49. The van der Waals surface area contributed by atoms with Crippen molar-refractivity contribution in [2.75, 3.05) is 0 Å². The number of primary amides is 1. The minimum Gasteiger partial charge on any atom is -0.363 e. The molecule has 2 fully saturated rings. The van der Waals surface area contributed by atoms with Gasteiger partial charge in [-0.25, -0.2) is 13.8 Å². The molecule has 11 heteroatoms. The van der Waals surface area contributed by atoms with Crippen molar-refractivity contribution in [1.29, 1.82) is 0 Å². The van der Waals surface area contributed by atoms with Crippen LogP contribution in [-0.4, -0.2) is 56.5 Å². The number of alkyl halides is 2. The van der Waals surface area contributed by atoms with Crippen LogP contribution in [-0.2, 0) is 14.4 Å². The van der Waals surface area contributed by atoms with Crippen LogP contribution in [0.15, 0.2) is 43.0 Å². The molecule has 2 aliphatic rings. The van der Waals surface area contributed by atoms with Gasteiger partial charge in [0, 0.05) is 42.9 Å². The molecule has 1 heterocycles. The predicted octanol–water partition coefficient (Wildman–Crippen LogP) is 1.68. The zero-order chi connectivity index (χ0) is 25.2. The number of nitrogens with two attached hydrogens (primary N) is 1. The molecular formula is C24H27F2N5O4. The number of benzene rings is 1. The molecule has 0 radical (unpaired) electrons. The highest BCUT2D eigenvalue weighted by molar-refractivity contribution is 6.39. The number of Topliss-reactive ketones (excluding diaryl/α,β-unsaturated/α-hetero) is 1. The molecule has 2 aliphatic carbocycles. The van der Waals surface area contributed by atoms with Gasteiger partial charge in [0.1, 0.15) is 23.4 Å². The van der Waals surface area contributed by atoms with Crippen molar-refractivity contribution in [2.24, 2.45) is 5.73 Å². The predicted molar refractivity (Wildman–Crippen MR) is 121 cm³/mol. The van der Waals surface area contributed by atoms with Gasteiger partial charge in [-0.05, 0) is 31.0 Å². The van der Waals surface area contributed by atoms with Crippen LogP contribution in [0, 0.1) is 0 Å². The van der Waals surface area contributed by atoms with E-state index in [0.717, 1.165) is 0 Å². The monoisotopic (exact) mass is 487 g/mol.